The molecular weight excluding hydrogens is 361 g/mol. The minimum atomic E-state index is -0.391. The van der Waals surface area contributed by atoms with Crippen LogP contribution in [0.3, 0.4) is 0 Å². The van der Waals surface area contributed by atoms with E-state index in [2.05, 4.69) is 6.07 Å². The summed E-state index contributed by atoms with van der Waals surface area (Å²) in [4.78, 5) is 2.00. The average Bonchev–Trinajstić information content (AvgIpc) is 3.03. The van der Waals surface area contributed by atoms with Crippen LogP contribution in [0.25, 0.3) is 11.6 Å². The molecule has 118 valence electrons. The topological polar surface area (TPSA) is 23.8 Å². The summed E-state index contributed by atoms with van der Waals surface area (Å²) >= 11 is 9.07. The van der Waals surface area contributed by atoms with Gasteiger partial charge in [-0.1, -0.05) is 41.6 Å². The molecule has 0 amide bonds. The fraction of sp³-hybridized carbons (Fsp3) is 0. The van der Waals surface area contributed by atoms with E-state index in [1.54, 1.807) is 47.4 Å². The van der Waals surface area contributed by atoms with Crippen LogP contribution < -0.4 is 0 Å². The Morgan fingerprint density at radius 2 is 1.83 bits per heavy atom. The molecule has 0 aliphatic carbocycles. The van der Waals surface area contributed by atoms with Crippen molar-refractivity contribution in [3.05, 3.63) is 81.9 Å². The third-order valence-corrected chi connectivity index (χ3v) is 5.63. The highest BCUT2D eigenvalue weighted by molar-refractivity contribution is 8.01. The maximum absolute atomic E-state index is 13.9. The lowest BCUT2D eigenvalue weighted by Gasteiger charge is -2.00. The van der Waals surface area contributed by atoms with Crippen LogP contribution in [0.1, 0.15) is 10.4 Å². The molecule has 24 heavy (non-hydrogen) atoms. The van der Waals surface area contributed by atoms with Crippen molar-refractivity contribution in [2.45, 2.75) is 9.10 Å². The summed E-state index contributed by atoms with van der Waals surface area (Å²) in [6.45, 7) is 0. The summed E-state index contributed by atoms with van der Waals surface area (Å²) in [6, 6.07) is 19.9. The SMILES string of the molecule is N#CC(=Cc1ccc(Sc2ccc(Cl)cc2)s1)c1ccccc1F. The zero-order valence-corrected chi connectivity index (χ0v) is 14.8. The Labute approximate surface area is 153 Å². The molecule has 1 nitrogen and oxygen atoms in total. The summed E-state index contributed by atoms with van der Waals surface area (Å²) < 4.78 is 14.9. The second-order valence-corrected chi connectivity index (χ2v) is 7.79. The first kappa shape index (κ1) is 16.8. The molecule has 0 aliphatic rings. The van der Waals surface area contributed by atoms with Crippen molar-refractivity contribution < 1.29 is 4.39 Å². The van der Waals surface area contributed by atoms with Gasteiger partial charge in [-0.2, -0.15) is 5.26 Å². The van der Waals surface area contributed by atoms with Gasteiger partial charge in [0.25, 0.3) is 0 Å². The first-order valence-electron chi connectivity index (χ1n) is 7.05. The zero-order chi connectivity index (χ0) is 16.9. The molecule has 0 saturated carbocycles. The Hall–Kier alpha value is -2.06. The number of hydrogen-bond acceptors (Lipinski definition) is 3. The standard InChI is InChI=1S/C19H11ClFNS2/c20-14-5-7-15(8-6-14)23-19-10-9-16(24-19)11-13(12-22)17-3-1-2-4-18(17)21/h1-11H. The van der Waals surface area contributed by atoms with Crippen LogP contribution in [-0.2, 0) is 0 Å². The second kappa shape index (κ2) is 7.67. The maximum Gasteiger partial charge on any atom is 0.131 e. The maximum atomic E-state index is 13.9. The molecule has 0 radical (unpaired) electrons. The first-order valence-corrected chi connectivity index (χ1v) is 9.07. The van der Waals surface area contributed by atoms with Gasteiger partial charge < -0.3 is 0 Å². The smallest absolute Gasteiger partial charge is 0.131 e. The molecule has 0 aliphatic heterocycles. The summed E-state index contributed by atoms with van der Waals surface area (Å²) in [5.74, 6) is -0.391. The molecule has 0 spiro atoms. The largest absolute Gasteiger partial charge is 0.206 e. The van der Waals surface area contributed by atoms with E-state index in [1.807, 2.05) is 36.4 Å². The molecule has 0 saturated heterocycles. The first-order chi connectivity index (χ1) is 11.7. The van der Waals surface area contributed by atoms with E-state index in [9.17, 15) is 9.65 Å². The predicted octanol–water partition coefficient (Wildman–Crippen LogP) is 6.76. The van der Waals surface area contributed by atoms with E-state index < -0.39 is 5.82 Å². The van der Waals surface area contributed by atoms with Crippen molar-refractivity contribution in [2.75, 3.05) is 0 Å². The summed E-state index contributed by atoms with van der Waals surface area (Å²) in [6.07, 6.45) is 1.72. The molecule has 2 aromatic carbocycles. The van der Waals surface area contributed by atoms with E-state index >= 15 is 0 Å². The van der Waals surface area contributed by atoms with Gasteiger partial charge in [-0.05, 0) is 48.5 Å². The summed E-state index contributed by atoms with van der Waals surface area (Å²) in [5, 5.41) is 10.0. The Morgan fingerprint density at radius 1 is 1.08 bits per heavy atom. The Bertz CT molecular complexity index is 923. The molecule has 0 fully saturated rings. The molecule has 0 N–H and O–H groups in total. The number of nitrogens with zero attached hydrogens (tertiary/aromatic N) is 1. The van der Waals surface area contributed by atoms with Crippen LogP contribution in [-0.4, -0.2) is 0 Å². The number of thiophene rings is 1. The highest BCUT2D eigenvalue weighted by Gasteiger charge is 2.08. The van der Waals surface area contributed by atoms with Gasteiger partial charge in [-0.15, -0.1) is 11.3 Å². The van der Waals surface area contributed by atoms with E-state index in [-0.39, 0.29) is 0 Å². The Kier molecular flexibility index (Phi) is 5.37. The number of benzene rings is 2. The second-order valence-electron chi connectivity index (χ2n) is 4.86. The van der Waals surface area contributed by atoms with Crippen LogP contribution >= 0.6 is 34.7 Å². The molecule has 1 heterocycles. The summed E-state index contributed by atoms with van der Waals surface area (Å²) in [5.41, 5.74) is 0.637. The van der Waals surface area contributed by atoms with Crippen LogP contribution in [0, 0.1) is 17.1 Å². The number of rotatable bonds is 4. The molecule has 3 rings (SSSR count). The normalized spacial score (nSPS) is 11.3. The number of halogens is 2. The van der Waals surface area contributed by atoms with Crippen molar-refractivity contribution in [2.24, 2.45) is 0 Å². The quantitative estimate of drug-likeness (QED) is 0.473. The van der Waals surface area contributed by atoms with E-state index in [0.29, 0.717) is 16.2 Å². The Morgan fingerprint density at radius 3 is 2.54 bits per heavy atom. The van der Waals surface area contributed by atoms with Crippen molar-refractivity contribution in [1.82, 2.24) is 0 Å². The summed E-state index contributed by atoms with van der Waals surface area (Å²) in [7, 11) is 0. The van der Waals surface area contributed by atoms with Crippen LogP contribution in [0.4, 0.5) is 4.39 Å². The van der Waals surface area contributed by atoms with Gasteiger partial charge in [0.1, 0.15) is 5.82 Å². The Balaban J connectivity index is 1.83. The minimum absolute atomic E-state index is 0.318. The minimum Gasteiger partial charge on any atom is -0.206 e. The number of hydrogen-bond donors (Lipinski definition) is 0. The third-order valence-electron chi connectivity index (χ3n) is 3.21. The van der Waals surface area contributed by atoms with Gasteiger partial charge in [-0.3, -0.25) is 0 Å². The van der Waals surface area contributed by atoms with Crippen molar-refractivity contribution in [1.29, 1.82) is 5.26 Å². The van der Waals surface area contributed by atoms with Gasteiger partial charge >= 0.3 is 0 Å². The van der Waals surface area contributed by atoms with Crippen LogP contribution in [0.2, 0.25) is 5.02 Å². The van der Waals surface area contributed by atoms with Gasteiger partial charge in [0.15, 0.2) is 0 Å². The van der Waals surface area contributed by atoms with Crippen molar-refractivity contribution >= 4 is 46.3 Å². The lowest BCUT2D eigenvalue weighted by atomic mass is 10.1. The lowest BCUT2D eigenvalue weighted by Crippen LogP contribution is -1.86. The molecule has 5 heteroatoms. The van der Waals surface area contributed by atoms with Gasteiger partial charge in [-0.25, -0.2) is 4.39 Å². The van der Waals surface area contributed by atoms with Gasteiger partial charge in [0.2, 0.25) is 0 Å². The number of allylic oxidation sites excluding steroid dienone is 1. The molecule has 0 unspecified atom stereocenters. The highest BCUT2D eigenvalue weighted by atomic mass is 35.5. The van der Waals surface area contributed by atoms with Gasteiger partial charge in [0.05, 0.1) is 15.9 Å². The van der Waals surface area contributed by atoms with Gasteiger partial charge in [0, 0.05) is 20.4 Å². The lowest BCUT2D eigenvalue weighted by molar-refractivity contribution is 0.624. The van der Waals surface area contributed by atoms with E-state index in [0.717, 1.165) is 14.0 Å². The molecule has 1 aromatic heterocycles. The molecular formula is C19H11ClFNS2. The van der Waals surface area contributed by atoms with Crippen molar-refractivity contribution in [3.8, 4) is 6.07 Å². The fourth-order valence-electron chi connectivity index (χ4n) is 2.08. The number of nitriles is 1. The molecule has 3 aromatic rings. The monoisotopic (exact) mass is 371 g/mol. The van der Waals surface area contributed by atoms with E-state index in [4.69, 9.17) is 11.6 Å². The molecule has 0 atom stereocenters. The highest BCUT2D eigenvalue weighted by Crippen LogP contribution is 2.35. The predicted molar refractivity (Wildman–Crippen MR) is 99.8 cm³/mol. The van der Waals surface area contributed by atoms with Crippen LogP contribution in [0.15, 0.2) is 69.8 Å². The molecule has 0 bridgehead atoms. The van der Waals surface area contributed by atoms with Crippen molar-refractivity contribution in [3.63, 3.8) is 0 Å². The third kappa shape index (κ3) is 4.07. The fourth-order valence-corrected chi connectivity index (χ4v) is 4.27. The zero-order valence-electron chi connectivity index (χ0n) is 12.4. The van der Waals surface area contributed by atoms with E-state index in [1.165, 1.54) is 6.07 Å². The average molecular weight is 372 g/mol. The van der Waals surface area contributed by atoms with Crippen LogP contribution in [0.5, 0.6) is 0 Å².